The highest BCUT2D eigenvalue weighted by atomic mass is 16.5. The Morgan fingerprint density at radius 1 is 0.684 bits per heavy atom. The van der Waals surface area contributed by atoms with E-state index in [1.165, 1.54) is 0 Å². The van der Waals surface area contributed by atoms with E-state index in [1.54, 1.807) is 0 Å². The van der Waals surface area contributed by atoms with Crippen LogP contribution in [0.1, 0.15) is 69.2 Å². The maximum absolute atomic E-state index is 6.60. The first-order valence-corrected chi connectivity index (χ1v) is 7.91. The molecule has 0 aromatic carbocycles. The lowest BCUT2D eigenvalue weighted by atomic mass is 9.49. The molecule has 0 spiro atoms. The average molecular weight is 264 g/mol. The van der Waals surface area contributed by atoms with Crippen LogP contribution in [0.2, 0.25) is 0 Å². The Bertz CT molecular complexity index is 460. The number of hydrogen-bond donors (Lipinski definition) is 0. The highest BCUT2D eigenvalue weighted by molar-refractivity contribution is 5.42. The molecule has 0 N–H and O–H groups in total. The molecule has 3 rings (SSSR count). The third-order valence-corrected chi connectivity index (χ3v) is 9.82. The van der Waals surface area contributed by atoms with Crippen LogP contribution in [0, 0.1) is 32.5 Å². The normalized spacial score (nSPS) is 59.7. The van der Waals surface area contributed by atoms with Gasteiger partial charge in [-0.1, -0.05) is 62.3 Å². The fourth-order valence-corrected chi connectivity index (χ4v) is 7.04. The van der Waals surface area contributed by atoms with E-state index >= 15 is 0 Å². The molecule has 19 heavy (non-hydrogen) atoms. The highest BCUT2D eigenvalue weighted by Gasteiger charge is 2.95. The Labute approximate surface area is 119 Å². The van der Waals surface area contributed by atoms with E-state index in [2.05, 4.69) is 69.2 Å². The summed E-state index contributed by atoms with van der Waals surface area (Å²) in [6, 6.07) is 0. The first-order valence-electron chi connectivity index (χ1n) is 7.91. The lowest BCUT2D eigenvalue weighted by molar-refractivity contribution is -0.0673. The van der Waals surface area contributed by atoms with Gasteiger partial charge in [0.1, 0.15) is 0 Å². The van der Waals surface area contributed by atoms with Crippen LogP contribution in [0.4, 0.5) is 0 Å². The predicted molar refractivity (Wildman–Crippen MR) is 80.0 cm³/mol. The van der Waals surface area contributed by atoms with E-state index in [0.717, 1.165) is 0 Å². The number of hydrogen-bond acceptors (Lipinski definition) is 1. The number of fused-ring (bicyclic) bond motifs is 3. The molecule has 0 aromatic heterocycles. The van der Waals surface area contributed by atoms with E-state index in [-0.39, 0.29) is 16.2 Å². The van der Waals surface area contributed by atoms with Gasteiger partial charge < -0.3 is 4.74 Å². The van der Waals surface area contributed by atoms with Crippen molar-refractivity contribution in [2.75, 3.05) is 0 Å². The Balaban J connectivity index is 2.27. The first-order chi connectivity index (χ1) is 8.26. The first kappa shape index (κ1) is 13.9. The van der Waals surface area contributed by atoms with Gasteiger partial charge >= 0.3 is 0 Å². The van der Waals surface area contributed by atoms with E-state index in [4.69, 9.17) is 4.74 Å². The molecule has 2 aliphatic carbocycles. The molecule has 0 aromatic rings. The topological polar surface area (TPSA) is 9.23 Å². The molecule has 0 unspecified atom stereocenters. The van der Waals surface area contributed by atoms with Gasteiger partial charge in [0.05, 0.1) is 12.2 Å². The standard InChI is InChI=1S/C18H32O/c1-11-13(2,3)16(8)12(19-11)17(9)15(6,7)18(17,10)14(16,4)5/h11-12H,1-10H3/t11-,12+,16+,17+,18-/m1/s1. The van der Waals surface area contributed by atoms with E-state index < -0.39 is 0 Å². The van der Waals surface area contributed by atoms with Crippen LogP contribution < -0.4 is 0 Å². The van der Waals surface area contributed by atoms with Crippen LogP contribution in [-0.2, 0) is 4.74 Å². The molecule has 3 aliphatic rings. The average Bonchev–Trinajstić information content (AvgIpc) is 2.46. The maximum atomic E-state index is 6.60. The van der Waals surface area contributed by atoms with Crippen LogP contribution >= 0.6 is 0 Å². The Kier molecular flexibility index (Phi) is 2.05. The van der Waals surface area contributed by atoms with Gasteiger partial charge in [0.2, 0.25) is 0 Å². The maximum Gasteiger partial charge on any atom is 0.0708 e. The summed E-state index contributed by atoms with van der Waals surface area (Å²) in [5, 5.41) is 0. The fourth-order valence-electron chi connectivity index (χ4n) is 7.04. The van der Waals surface area contributed by atoms with Crippen molar-refractivity contribution in [2.24, 2.45) is 32.5 Å². The van der Waals surface area contributed by atoms with Gasteiger partial charge in [0.25, 0.3) is 0 Å². The van der Waals surface area contributed by atoms with Gasteiger partial charge in [0.15, 0.2) is 0 Å². The summed E-state index contributed by atoms with van der Waals surface area (Å²) in [4.78, 5) is 0. The molecule has 5 atom stereocenters. The van der Waals surface area contributed by atoms with E-state index in [1.807, 2.05) is 0 Å². The summed E-state index contributed by atoms with van der Waals surface area (Å²) >= 11 is 0. The second kappa shape index (κ2) is 2.80. The van der Waals surface area contributed by atoms with Gasteiger partial charge in [-0.25, -0.2) is 0 Å². The predicted octanol–water partition coefficient (Wildman–Crippen LogP) is 4.90. The lowest BCUT2D eigenvalue weighted by Gasteiger charge is -2.53. The second-order valence-corrected chi connectivity index (χ2v) is 9.66. The molecular weight excluding hydrogens is 232 g/mol. The third-order valence-electron chi connectivity index (χ3n) is 9.82. The van der Waals surface area contributed by atoms with Crippen LogP contribution in [0.25, 0.3) is 0 Å². The van der Waals surface area contributed by atoms with Crippen molar-refractivity contribution in [2.45, 2.75) is 81.4 Å². The Morgan fingerprint density at radius 3 is 1.58 bits per heavy atom. The molecular formula is C18H32O. The van der Waals surface area contributed by atoms with Crippen LogP contribution in [0.3, 0.4) is 0 Å². The van der Waals surface area contributed by atoms with Crippen molar-refractivity contribution in [1.82, 2.24) is 0 Å². The van der Waals surface area contributed by atoms with Crippen molar-refractivity contribution in [1.29, 1.82) is 0 Å². The van der Waals surface area contributed by atoms with Crippen LogP contribution in [0.15, 0.2) is 0 Å². The fraction of sp³-hybridized carbons (Fsp3) is 1.00. The summed E-state index contributed by atoms with van der Waals surface area (Å²) in [5.41, 5.74) is 1.81. The van der Waals surface area contributed by atoms with Crippen LogP contribution in [-0.4, -0.2) is 12.2 Å². The molecule has 2 saturated carbocycles. The van der Waals surface area contributed by atoms with Gasteiger partial charge in [-0.15, -0.1) is 0 Å². The van der Waals surface area contributed by atoms with Gasteiger partial charge in [-0.2, -0.15) is 0 Å². The monoisotopic (exact) mass is 264 g/mol. The molecule has 3 fully saturated rings. The zero-order valence-electron chi connectivity index (χ0n) is 14.6. The van der Waals surface area contributed by atoms with E-state index in [0.29, 0.717) is 28.5 Å². The van der Waals surface area contributed by atoms with Crippen molar-refractivity contribution in [3.05, 3.63) is 0 Å². The molecule has 0 bridgehead atoms. The molecule has 1 heteroatoms. The minimum Gasteiger partial charge on any atom is -0.373 e. The number of ether oxygens (including phenoxy) is 1. The molecule has 1 nitrogen and oxygen atoms in total. The smallest absolute Gasteiger partial charge is 0.0708 e. The SMILES string of the molecule is C[C@H]1O[C@H]2[C@@](C)(C1(C)C)C(C)(C)[C@]1(C)C(C)(C)[C@]21C. The van der Waals surface area contributed by atoms with Gasteiger partial charge in [-0.05, 0) is 28.6 Å². The van der Waals surface area contributed by atoms with Gasteiger partial charge in [-0.3, -0.25) is 0 Å². The minimum atomic E-state index is 0.233. The summed E-state index contributed by atoms with van der Waals surface area (Å²) in [6.07, 6.45) is 0.736. The largest absolute Gasteiger partial charge is 0.373 e. The summed E-state index contributed by atoms with van der Waals surface area (Å²) in [7, 11) is 0. The minimum absolute atomic E-state index is 0.233. The van der Waals surface area contributed by atoms with Crippen molar-refractivity contribution < 1.29 is 4.74 Å². The van der Waals surface area contributed by atoms with Gasteiger partial charge in [0, 0.05) is 10.8 Å². The highest BCUT2D eigenvalue weighted by Crippen LogP contribution is 2.96. The summed E-state index contributed by atoms with van der Waals surface area (Å²) < 4.78 is 6.60. The zero-order valence-corrected chi connectivity index (χ0v) is 14.6. The lowest BCUT2D eigenvalue weighted by Crippen LogP contribution is -2.52. The van der Waals surface area contributed by atoms with E-state index in [9.17, 15) is 0 Å². The molecule has 0 radical (unpaired) electrons. The third kappa shape index (κ3) is 0.836. The molecule has 1 heterocycles. The summed E-state index contributed by atoms with van der Waals surface area (Å²) in [6.45, 7) is 24.5. The molecule has 0 amide bonds. The zero-order chi connectivity index (χ0) is 14.9. The van der Waals surface area contributed by atoms with Crippen molar-refractivity contribution in [3.63, 3.8) is 0 Å². The molecule has 1 aliphatic heterocycles. The quantitative estimate of drug-likeness (QED) is 0.605. The van der Waals surface area contributed by atoms with Crippen LogP contribution in [0.5, 0.6) is 0 Å². The second-order valence-electron chi connectivity index (χ2n) is 9.66. The number of rotatable bonds is 0. The van der Waals surface area contributed by atoms with Crippen molar-refractivity contribution in [3.8, 4) is 0 Å². The Morgan fingerprint density at radius 2 is 1.11 bits per heavy atom. The van der Waals surface area contributed by atoms with Crippen molar-refractivity contribution >= 4 is 0 Å². The molecule has 1 saturated heterocycles. The molecule has 110 valence electrons. The Hall–Kier alpha value is -0.0400. The summed E-state index contributed by atoms with van der Waals surface area (Å²) in [5.74, 6) is 0.